The van der Waals surface area contributed by atoms with E-state index in [1.165, 1.54) is 0 Å². The summed E-state index contributed by atoms with van der Waals surface area (Å²) in [5.74, 6) is -0.222. The third kappa shape index (κ3) is 3.32. The lowest BCUT2D eigenvalue weighted by atomic mass is 10.3. The number of benzene rings is 1. The molecule has 0 aliphatic heterocycles. The van der Waals surface area contributed by atoms with E-state index in [9.17, 15) is 4.79 Å². The van der Waals surface area contributed by atoms with Gasteiger partial charge >= 0.3 is 0 Å². The van der Waals surface area contributed by atoms with E-state index in [0.717, 1.165) is 5.69 Å². The Labute approximate surface area is 111 Å². The Bertz CT molecular complexity index is 565. The smallest absolute Gasteiger partial charge is 0.271 e. The highest BCUT2D eigenvalue weighted by Crippen LogP contribution is 2.11. The van der Waals surface area contributed by atoms with Crippen LogP contribution in [0.25, 0.3) is 5.69 Å². The van der Waals surface area contributed by atoms with Gasteiger partial charge in [-0.3, -0.25) is 4.79 Å². The number of nitrogen functional groups attached to an aromatic ring is 1. The van der Waals surface area contributed by atoms with Crippen LogP contribution in [0.1, 0.15) is 10.5 Å². The van der Waals surface area contributed by atoms with Gasteiger partial charge in [0.2, 0.25) is 0 Å². The van der Waals surface area contributed by atoms with E-state index < -0.39 is 0 Å². The number of carbonyl (C=O) groups is 1. The zero-order valence-corrected chi connectivity index (χ0v) is 10.7. The number of aromatic nitrogens is 2. The van der Waals surface area contributed by atoms with E-state index in [4.69, 9.17) is 10.5 Å². The van der Waals surface area contributed by atoms with E-state index >= 15 is 0 Å². The van der Waals surface area contributed by atoms with Gasteiger partial charge < -0.3 is 15.8 Å². The summed E-state index contributed by atoms with van der Waals surface area (Å²) in [5.41, 5.74) is 7.54. The maximum absolute atomic E-state index is 11.8. The standard InChI is InChI=1S/C13H16N4O2/c1-19-8-6-15-13(18)12-5-7-17(16-12)11-4-2-3-10(14)9-11/h2-5,7,9H,6,8,14H2,1H3,(H,15,18). The third-order valence-electron chi connectivity index (χ3n) is 2.55. The maximum atomic E-state index is 11.8. The van der Waals surface area contributed by atoms with Crippen LogP contribution in [0.3, 0.4) is 0 Å². The summed E-state index contributed by atoms with van der Waals surface area (Å²) in [6.45, 7) is 0.933. The highest BCUT2D eigenvalue weighted by Gasteiger charge is 2.09. The number of nitrogens with zero attached hydrogens (tertiary/aromatic N) is 2. The fourth-order valence-corrected chi connectivity index (χ4v) is 1.61. The molecule has 0 aliphatic rings. The van der Waals surface area contributed by atoms with Crippen molar-refractivity contribution in [2.24, 2.45) is 0 Å². The minimum Gasteiger partial charge on any atom is -0.399 e. The van der Waals surface area contributed by atoms with Gasteiger partial charge in [0.05, 0.1) is 12.3 Å². The average Bonchev–Trinajstić information content (AvgIpc) is 2.88. The number of nitrogens with two attached hydrogens (primary N) is 1. The first-order chi connectivity index (χ1) is 9.20. The van der Waals surface area contributed by atoms with E-state index in [2.05, 4.69) is 10.4 Å². The Hall–Kier alpha value is -2.34. The number of hydrogen-bond donors (Lipinski definition) is 2. The van der Waals surface area contributed by atoms with Crippen molar-refractivity contribution >= 4 is 11.6 Å². The molecule has 1 amide bonds. The summed E-state index contributed by atoms with van der Waals surface area (Å²) >= 11 is 0. The molecular formula is C13H16N4O2. The lowest BCUT2D eigenvalue weighted by Crippen LogP contribution is -2.27. The van der Waals surface area contributed by atoms with Crippen LogP contribution in [0.5, 0.6) is 0 Å². The molecule has 0 saturated heterocycles. The third-order valence-corrected chi connectivity index (χ3v) is 2.55. The molecule has 6 nitrogen and oxygen atoms in total. The van der Waals surface area contributed by atoms with Gasteiger partial charge in [-0.2, -0.15) is 5.10 Å². The van der Waals surface area contributed by atoms with Gasteiger partial charge in [0.15, 0.2) is 5.69 Å². The normalized spacial score (nSPS) is 10.4. The van der Waals surface area contributed by atoms with Crippen molar-refractivity contribution in [2.75, 3.05) is 26.0 Å². The summed E-state index contributed by atoms with van der Waals surface area (Å²) in [5, 5.41) is 6.92. The summed E-state index contributed by atoms with van der Waals surface area (Å²) in [7, 11) is 1.58. The minimum absolute atomic E-state index is 0.222. The summed E-state index contributed by atoms with van der Waals surface area (Å²) in [6, 6.07) is 8.96. The van der Waals surface area contributed by atoms with Gasteiger partial charge in [-0.1, -0.05) is 6.07 Å². The largest absolute Gasteiger partial charge is 0.399 e. The number of ether oxygens (including phenoxy) is 1. The first-order valence-corrected chi connectivity index (χ1v) is 5.89. The molecule has 3 N–H and O–H groups in total. The predicted octanol–water partition coefficient (Wildman–Crippen LogP) is 0.831. The molecule has 100 valence electrons. The van der Waals surface area contributed by atoms with Crippen molar-refractivity contribution in [3.63, 3.8) is 0 Å². The van der Waals surface area contributed by atoms with Crippen LogP contribution in [-0.2, 0) is 4.74 Å². The highest BCUT2D eigenvalue weighted by molar-refractivity contribution is 5.92. The molecule has 2 aromatic rings. The number of carbonyl (C=O) groups excluding carboxylic acids is 1. The van der Waals surface area contributed by atoms with Crippen molar-refractivity contribution < 1.29 is 9.53 Å². The maximum Gasteiger partial charge on any atom is 0.271 e. The Balaban J connectivity index is 2.08. The van der Waals surface area contributed by atoms with Crippen molar-refractivity contribution in [1.29, 1.82) is 0 Å². The number of methoxy groups -OCH3 is 1. The van der Waals surface area contributed by atoms with Gasteiger partial charge in [0.25, 0.3) is 5.91 Å². The monoisotopic (exact) mass is 260 g/mol. The van der Waals surface area contributed by atoms with E-state index in [-0.39, 0.29) is 5.91 Å². The lowest BCUT2D eigenvalue weighted by molar-refractivity contribution is 0.0931. The molecule has 0 atom stereocenters. The zero-order chi connectivity index (χ0) is 13.7. The molecule has 2 rings (SSSR count). The molecule has 19 heavy (non-hydrogen) atoms. The molecule has 0 fully saturated rings. The lowest BCUT2D eigenvalue weighted by Gasteiger charge is -2.03. The molecule has 1 aromatic carbocycles. The minimum atomic E-state index is -0.222. The van der Waals surface area contributed by atoms with E-state index in [1.54, 1.807) is 36.2 Å². The van der Waals surface area contributed by atoms with Crippen LogP contribution in [0.4, 0.5) is 5.69 Å². The number of anilines is 1. The van der Waals surface area contributed by atoms with Gasteiger partial charge in [-0.05, 0) is 24.3 Å². The predicted molar refractivity (Wildman–Crippen MR) is 72.2 cm³/mol. The number of nitrogens with one attached hydrogen (secondary N) is 1. The summed E-state index contributed by atoms with van der Waals surface area (Å²) < 4.78 is 6.47. The Morgan fingerprint density at radius 3 is 3.05 bits per heavy atom. The second kappa shape index (κ2) is 6.01. The molecule has 0 unspecified atom stereocenters. The Kier molecular flexibility index (Phi) is 4.15. The fraction of sp³-hybridized carbons (Fsp3) is 0.231. The Morgan fingerprint density at radius 2 is 2.32 bits per heavy atom. The van der Waals surface area contributed by atoms with Crippen molar-refractivity contribution in [2.45, 2.75) is 0 Å². The molecule has 0 radical (unpaired) electrons. The molecule has 0 spiro atoms. The van der Waals surface area contributed by atoms with Gasteiger partial charge in [0, 0.05) is 25.5 Å². The molecular weight excluding hydrogens is 244 g/mol. The summed E-state index contributed by atoms with van der Waals surface area (Å²) in [4.78, 5) is 11.8. The molecule has 0 aliphatic carbocycles. The van der Waals surface area contributed by atoms with E-state index in [0.29, 0.717) is 24.5 Å². The summed E-state index contributed by atoms with van der Waals surface area (Å²) in [6.07, 6.45) is 1.72. The second-order valence-corrected chi connectivity index (χ2v) is 3.99. The van der Waals surface area contributed by atoms with Crippen LogP contribution in [0.15, 0.2) is 36.5 Å². The fourth-order valence-electron chi connectivity index (χ4n) is 1.61. The van der Waals surface area contributed by atoms with Gasteiger partial charge in [-0.25, -0.2) is 4.68 Å². The quantitative estimate of drug-likeness (QED) is 0.616. The van der Waals surface area contributed by atoms with E-state index in [1.807, 2.05) is 12.1 Å². The Morgan fingerprint density at radius 1 is 1.47 bits per heavy atom. The first-order valence-electron chi connectivity index (χ1n) is 5.89. The van der Waals surface area contributed by atoms with Gasteiger partial charge in [-0.15, -0.1) is 0 Å². The second-order valence-electron chi connectivity index (χ2n) is 3.99. The van der Waals surface area contributed by atoms with Crippen molar-refractivity contribution in [1.82, 2.24) is 15.1 Å². The topological polar surface area (TPSA) is 82.2 Å². The highest BCUT2D eigenvalue weighted by atomic mass is 16.5. The molecule has 0 saturated carbocycles. The molecule has 1 aromatic heterocycles. The van der Waals surface area contributed by atoms with Gasteiger partial charge in [0.1, 0.15) is 0 Å². The first kappa shape index (κ1) is 13.1. The van der Waals surface area contributed by atoms with Crippen LogP contribution in [0.2, 0.25) is 0 Å². The molecule has 1 heterocycles. The number of hydrogen-bond acceptors (Lipinski definition) is 4. The van der Waals surface area contributed by atoms with Crippen LogP contribution in [-0.4, -0.2) is 35.9 Å². The van der Waals surface area contributed by atoms with Crippen LogP contribution >= 0.6 is 0 Å². The zero-order valence-electron chi connectivity index (χ0n) is 10.7. The number of rotatable bonds is 5. The molecule has 0 bridgehead atoms. The van der Waals surface area contributed by atoms with Crippen LogP contribution in [0, 0.1) is 0 Å². The average molecular weight is 260 g/mol. The van der Waals surface area contributed by atoms with Crippen LogP contribution < -0.4 is 11.1 Å². The molecule has 6 heteroatoms. The SMILES string of the molecule is COCCNC(=O)c1ccn(-c2cccc(N)c2)n1. The van der Waals surface area contributed by atoms with Crippen molar-refractivity contribution in [3.05, 3.63) is 42.2 Å². The van der Waals surface area contributed by atoms with Crippen molar-refractivity contribution in [3.8, 4) is 5.69 Å². The number of amides is 1.